The molecule has 0 bridgehead atoms. The number of thiazole rings is 1. The van der Waals surface area contributed by atoms with Crippen LogP contribution in [-0.4, -0.2) is 40.5 Å². The molecule has 1 aliphatic heterocycles. The summed E-state index contributed by atoms with van der Waals surface area (Å²) < 4.78 is 2.20. The van der Waals surface area contributed by atoms with Gasteiger partial charge in [-0.1, -0.05) is 6.42 Å². The largest absolute Gasteiger partial charge is 0.310 e. The van der Waals surface area contributed by atoms with Crippen LogP contribution in [0.15, 0.2) is 11.6 Å². The Morgan fingerprint density at radius 1 is 1.32 bits per heavy atom. The molecule has 0 unspecified atom stereocenters. The summed E-state index contributed by atoms with van der Waals surface area (Å²) in [6, 6.07) is 0. The molecule has 1 aliphatic rings. The summed E-state index contributed by atoms with van der Waals surface area (Å²) in [6.07, 6.45) is 6.27. The standard InChI is InChI=1S/C14H22N4S/c1-12-13(18-9-10-19-14(18)16-12)11-15-5-8-17-6-3-2-4-7-17/h9-10,15H,2-8,11H2,1H3. The fourth-order valence-electron chi connectivity index (χ4n) is 2.78. The van der Waals surface area contributed by atoms with Gasteiger partial charge in [0.15, 0.2) is 4.96 Å². The smallest absolute Gasteiger partial charge is 0.194 e. The van der Waals surface area contributed by atoms with Crippen molar-refractivity contribution in [3.05, 3.63) is 23.0 Å². The molecule has 3 rings (SSSR count). The summed E-state index contributed by atoms with van der Waals surface area (Å²) in [7, 11) is 0. The van der Waals surface area contributed by atoms with Crippen molar-refractivity contribution >= 4 is 16.3 Å². The van der Waals surface area contributed by atoms with E-state index in [0.29, 0.717) is 0 Å². The molecule has 0 atom stereocenters. The molecule has 0 aromatic carbocycles. The molecule has 19 heavy (non-hydrogen) atoms. The number of likely N-dealkylation sites (tertiary alicyclic amines) is 1. The van der Waals surface area contributed by atoms with Gasteiger partial charge in [0.1, 0.15) is 0 Å². The summed E-state index contributed by atoms with van der Waals surface area (Å²) in [5.41, 5.74) is 2.45. The molecule has 3 heterocycles. The maximum atomic E-state index is 4.57. The van der Waals surface area contributed by atoms with Crippen LogP contribution in [0.2, 0.25) is 0 Å². The van der Waals surface area contributed by atoms with Gasteiger partial charge in [-0.25, -0.2) is 4.98 Å². The van der Waals surface area contributed by atoms with Gasteiger partial charge in [-0.2, -0.15) is 0 Å². The van der Waals surface area contributed by atoms with Gasteiger partial charge in [0, 0.05) is 31.2 Å². The van der Waals surface area contributed by atoms with Crippen molar-refractivity contribution in [2.75, 3.05) is 26.2 Å². The van der Waals surface area contributed by atoms with Gasteiger partial charge in [-0.15, -0.1) is 11.3 Å². The summed E-state index contributed by atoms with van der Waals surface area (Å²) in [5.74, 6) is 0. The molecule has 5 heteroatoms. The normalized spacial score (nSPS) is 17.3. The second-order valence-electron chi connectivity index (χ2n) is 5.28. The summed E-state index contributed by atoms with van der Waals surface area (Å²) in [5, 5.41) is 5.66. The number of aryl methyl sites for hydroxylation is 1. The van der Waals surface area contributed by atoms with E-state index in [1.165, 1.54) is 44.6 Å². The third kappa shape index (κ3) is 2.99. The van der Waals surface area contributed by atoms with E-state index in [2.05, 4.69) is 38.1 Å². The Kier molecular flexibility index (Phi) is 4.15. The van der Waals surface area contributed by atoms with E-state index in [1.807, 2.05) is 0 Å². The maximum absolute atomic E-state index is 4.57. The number of imidazole rings is 1. The number of aromatic nitrogens is 2. The molecule has 2 aromatic heterocycles. The van der Waals surface area contributed by atoms with Crippen molar-refractivity contribution in [3.8, 4) is 0 Å². The Labute approximate surface area is 118 Å². The third-order valence-electron chi connectivity index (χ3n) is 3.91. The van der Waals surface area contributed by atoms with E-state index in [9.17, 15) is 0 Å². The number of hydrogen-bond donors (Lipinski definition) is 1. The summed E-state index contributed by atoms with van der Waals surface area (Å²) in [4.78, 5) is 8.24. The predicted octanol–water partition coefficient (Wildman–Crippen LogP) is 2.28. The number of fused-ring (bicyclic) bond motifs is 1. The second-order valence-corrected chi connectivity index (χ2v) is 6.15. The van der Waals surface area contributed by atoms with E-state index >= 15 is 0 Å². The first-order valence-corrected chi connectivity index (χ1v) is 8.06. The Balaban J connectivity index is 1.49. The van der Waals surface area contributed by atoms with Crippen molar-refractivity contribution in [3.63, 3.8) is 0 Å². The third-order valence-corrected chi connectivity index (χ3v) is 4.66. The molecular weight excluding hydrogens is 256 g/mol. The van der Waals surface area contributed by atoms with Gasteiger partial charge in [0.25, 0.3) is 0 Å². The van der Waals surface area contributed by atoms with Crippen molar-refractivity contribution in [1.29, 1.82) is 0 Å². The zero-order valence-corrected chi connectivity index (χ0v) is 12.4. The van der Waals surface area contributed by atoms with E-state index in [1.54, 1.807) is 11.3 Å². The van der Waals surface area contributed by atoms with Crippen LogP contribution in [0.1, 0.15) is 30.7 Å². The summed E-state index contributed by atoms with van der Waals surface area (Å²) in [6.45, 7) is 7.81. The lowest BCUT2D eigenvalue weighted by Gasteiger charge is -2.26. The van der Waals surface area contributed by atoms with Crippen LogP contribution in [0.3, 0.4) is 0 Å². The minimum atomic E-state index is 0.914. The minimum Gasteiger partial charge on any atom is -0.310 e. The van der Waals surface area contributed by atoms with Crippen LogP contribution in [0.5, 0.6) is 0 Å². The topological polar surface area (TPSA) is 32.6 Å². The highest BCUT2D eigenvalue weighted by Gasteiger charge is 2.11. The zero-order chi connectivity index (χ0) is 13.1. The molecular formula is C14H22N4S. The maximum Gasteiger partial charge on any atom is 0.194 e. The fraction of sp³-hybridized carbons (Fsp3) is 0.643. The number of hydrogen-bond acceptors (Lipinski definition) is 4. The fourth-order valence-corrected chi connectivity index (χ4v) is 3.56. The molecule has 1 fully saturated rings. The minimum absolute atomic E-state index is 0.914. The van der Waals surface area contributed by atoms with E-state index in [0.717, 1.165) is 23.7 Å². The first-order chi connectivity index (χ1) is 9.34. The van der Waals surface area contributed by atoms with Gasteiger partial charge in [-0.3, -0.25) is 4.40 Å². The quantitative estimate of drug-likeness (QED) is 0.852. The molecule has 104 valence electrons. The Morgan fingerprint density at radius 2 is 2.16 bits per heavy atom. The lowest BCUT2D eigenvalue weighted by atomic mass is 10.1. The highest BCUT2D eigenvalue weighted by atomic mass is 32.1. The highest BCUT2D eigenvalue weighted by molar-refractivity contribution is 7.15. The number of nitrogens with zero attached hydrogens (tertiary/aromatic N) is 3. The molecule has 0 radical (unpaired) electrons. The molecule has 4 nitrogen and oxygen atoms in total. The van der Waals surface area contributed by atoms with Crippen molar-refractivity contribution < 1.29 is 0 Å². The van der Waals surface area contributed by atoms with Crippen molar-refractivity contribution in [2.45, 2.75) is 32.7 Å². The van der Waals surface area contributed by atoms with Gasteiger partial charge >= 0.3 is 0 Å². The average Bonchev–Trinajstić information content (AvgIpc) is 2.98. The lowest BCUT2D eigenvalue weighted by Crippen LogP contribution is -2.35. The van der Waals surface area contributed by atoms with Crippen LogP contribution in [0.25, 0.3) is 4.96 Å². The van der Waals surface area contributed by atoms with Crippen LogP contribution in [0.4, 0.5) is 0 Å². The molecule has 0 saturated carbocycles. The van der Waals surface area contributed by atoms with Gasteiger partial charge in [-0.05, 0) is 32.9 Å². The lowest BCUT2D eigenvalue weighted by molar-refractivity contribution is 0.229. The molecule has 2 aromatic rings. The predicted molar refractivity (Wildman–Crippen MR) is 79.8 cm³/mol. The first-order valence-electron chi connectivity index (χ1n) is 7.19. The Morgan fingerprint density at radius 3 is 3.00 bits per heavy atom. The molecule has 1 saturated heterocycles. The first kappa shape index (κ1) is 13.1. The molecule has 0 spiro atoms. The number of nitrogens with one attached hydrogen (secondary N) is 1. The zero-order valence-electron chi connectivity index (χ0n) is 11.6. The van der Waals surface area contributed by atoms with Gasteiger partial charge < -0.3 is 10.2 Å². The summed E-state index contributed by atoms with van der Waals surface area (Å²) >= 11 is 1.70. The van der Waals surface area contributed by atoms with Gasteiger partial charge in [0.05, 0.1) is 11.4 Å². The molecule has 1 N–H and O–H groups in total. The average molecular weight is 278 g/mol. The van der Waals surface area contributed by atoms with Crippen molar-refractivity contribution in [2.24, 2.45) is 0 Å². The van der Waals surface area contributed by atoms with Crippen LogP contribution >= 0.6 is 11.3 Å². The van der Waals surface area contributed by atoms with Crippen molar-refractivity contribution in [1.82, 2.24) is 19.6 Å². The van der Waals surface area contributed by atoms with E-state index in [-0.39, 0.29) is 0 Å². The number of rotatable bonds is 5. The Hall–Kier alpha value is -0.910. The van der Waals surface area contributed by atoms with E-state index < -0.39 is 0 Å². The monoisotopic (exact) mass is 278 g/mol. The highest BCUT2D eigenvalue weighted by Crippen LogP contribution is 2.16. The van der Waals surface area contributed by atoms with Crippen LogP contribution in [-0.2, 0) is 6.54 Å². The van der Waals surface area contributed by atoms with Gasteiger partial charge in [0.2, 0.25) is 0 Å². The number of piperidine rings is 1. The molecule has 0 amide bonds. The van der Waals surface area contributed by atoms with Crippen LogP contribution in [0, 0.1) is 6.92 Å². The SMILES string of the molecule is Cc1nc2sccn2c1CNCCN1CCCCC1. The van der Waals surface area contributed by atoms with E-state index in [4.69, 9.17) is 0 Å². The Bertz CT molecular complexity index is 525. The molecule has 0 aliphatic carbocycles. The second kappa shape index (κ2) is 6.03. The van der Waals surface area contributed by atoms with Crippen LogP contribution < -0.4 is 5.32 Å².